The van der Waals surface area contributed by atoms with Gasteiger partial charge >= 0.3 is 23.2 Å². The third-order valence-electron chi connectivity index (χ3n) is 3.22. The predicted molar refractivity (Wildman–Crippen MR) is 77.1 cm³/mol. The highest BCUT2D eigenvalue weighted by molar-refractivity contribution is 7.52. The maximum atomic E-state index is 11.7. The maximum absolute atomic E-state index is 11.7. The van der Waals surface area contributed by atoms with Gasteiger partial charge in [0.15, 0.2) is 0 Å². The molecule has 1 aliphatic rings. The second-order valence-corrected chi connectivity index (χ2v) is 9.62. The molecule has 8 N–H and O–H groups in total. The van der Waals surface area contributed by atoms with Gasteiger partial charge in [-0.3, -0.25) is 18.1 Å². The van der Waals surface area contributed by atoms with Gasteiger partial charge in [-0.1, -0.05) is 6.92 Å². The smallest absolute Gasteiger partial charge is 0.387 e. The average molecular weight is 432 g/mol. The van der Waals surface area contributed by atoms with Crippen molar-refractivity contribution in [1.82, 2.24) is 0 Å². The molecule has 0 bridgehead atoms. The predicted octanol–water partition coefficient (Wildman–Crippen LogP) is -2.37. The van der Waals surface area contributed by atoms with Gasteiger partial charge in [0.1, 0.15) is 36.6 Å². The minimum absolute atomic E-state index is 0.512. The summed E-state index contributed by atoms with van der Waals surface area (Å²) in [6.45, 7) is 1.20. The maximum Gasteiger partial charge on any atom is 0.470 e. The first kappa shape index (κ1) is 23.3. The van der Waals surface area contributed by atoms with Gasteiger partial charge in [0.05, 0.1) is 0 Å². The lowest BCUT2D eigenvalue weighted by atomic mass is 9.85. The third-order valence-corrected chi connectivity index (χ3v) is 5.63. The number of rotatable bonds is 7. The highest BCUT2D eigenvalue weighted by atomic mass is 31.2. The Morgan fingerprint density at radius 2 is 1.04 bits per heavy atom. The van der Waals surface area contributed by atoms with Crippen molar-refractivity contribution in [1.29, 1.82) is 0 Å². The molecule has 14 nitrogen and oxygen atoms in total. The molecule has 0 aliphatic heterocycles. The van der Waals surface area contributed by atoms with Crippen LogP contribution in [0.25, 0.3) is 0 Å². The number of phosphoric acid groups is 2. The molecule has 0 amide bonds. The zero-order valence-electron chi connectivity index (χ0n) is 12.5. The minimum atomic E-state index is -5.32. The molecular weight excluding hydrogens is 413 g/mol. The summed E-state index contributed by atoms with van der Waals surface area (Å²) >= 11 is 0. The van der Waals surface area contributed by atoms with Crippen LogP contribution in [0.2, 0.25) is 0 Å². The van der Waals surface area contributed by atoms with E-state index < -0.39 is 66.0 Å². The van der Waals surface area contributed by atoms with Crippen LogP contribution in [0.5, 0.6) is 0 Å². The van der Waals surface area contributed by atoms with Crippen LogP contribution in [-0.2, 0) is 27.3 Å². The molecule has 1 aliphatic carbocycles. The van der Waals surface area contributed by atoms with Crippen LogP contribution in [0.15, 0.2) is 0 Å². The molecule has 17 heteroatoms. The van der Waals surface area contributed by atoms with Crippen LogP contribution in [-0.4, -0.2) is 82.6 Å². The normalized spacial score (nSPS) is 36.8. The molecule has 7 atom stereocenters. The third kappa shape index (κ3) is 6.73. The Labute approximate surface area is 141 Å². The summed E-state index contributed by atoms with van der Waals surface area (Å²) in [6, 6.07) is 0. The van der Waals surface area contributed by atoms with E-state index in [4.69, 9.17) is 19.6 Å². The van der Waals surface area contributed by atoms with E-state index in [0.717, 1.165) is 0 Å². The quantitative estimate of drug-likeness (QED) is 0.196. The van der Waals surface area contributed by atoms with E-state index in [1.807, 2.05) is 0 Å². The zero-order valence-corrected chi connectivity index (χ0v) is 15.2. The lowest BCUT2D eigenvalue weighted by Crippen LogP contribution is -2.65. The van der Waals surface area contributed by atoms with Crippen LogP contribution in [0.4, 0.5) is 0 Å². The highest BCUT2D eigenvalue weighted by Gasteiger charge is 2.56. The molecule has 0 heterocycles. The van der Waals surface area contributed by atoms with Crippen molar-refractivity contribution in [3.05, 3.63) is 0 Å². The molecule has 0 saturated heterocycles. The Balaban J connectivity index is 3.26. The molecule has 1 saturated carbocycles. The summed E-state index contributed by atoms with van der Waals surface area (Å²) in [7, 11) is -15.1. The van der Waals surface area contributed by atoms with Crippen molar-refractivity contribution in [2.24, 2.45) is 0 Å². The van der Waals surface area contributed by atoms with Crippen LogP contribution in [0.1, 0.15) is 6.92 Å². The summed E-state index contributed by atoms with van der Waals surface area (Å²) in [5, 5.41) is 29.8. The molecule has 0 aromatic rings. The number of phosphoric ester groups is 2. The first-order valence-electron chi connectivity index (χ1n) is 6.60. The minimum Gasteiger partial charge on any atom is -0.387 e. The lowest BCUT2D eigenvalue weighted by Gasteiger charge is -2.44. The number of hydrogen-bond acceptors (Lipinski definition) is 9. The zero-order chi connectivity index (χ0) is 19.8. The Hall–Kier alpha value is 0.250. The van der Waals surface area contributed by atoms with Gasteiger partial charge in [-0.25, -0.2) is 9.13 Å². The number of aliphatic hydroxyl groups is 3. The van der Waals surface area contributed by atoms with Crippen LogP contribution in [0.3, 0.4) is 0 Å². The Kier molecular flexibility index (Phi) is 7.54. The molecule has 0 radical (unpaired) electrons. The fourth-order valence-electron chi connectivity index (χ4n) is 2.12. The summed E-state index contributed by atoms with van der Waals surface area (Å²) < 4.78 is 46.6. The van der Waals surface area contributed by atoms with Gasteiger partial charge in [-0.05, 0) is 0 Å². The van der Waals surface area contributed by atoms with E-state index in [1.165, 1.54) is 6.92 Å². The molecule has 0 aromatic heterocycles. The second kappa shape index (κ2) is 8.09. The summed E-state index contributed by atoms with van der Waals surface area (Å²) in [5.41, 5.74) is 0. The highest BCUT2D eigenvalue weighted by Crippen LogP contribution is 2.50. The topological polar surface area (TPSA) is 241 Å². The molecule has 0 aromatic carbocycles. The standard InChI is InChI=1S/C8H19O14P3/c1-2-23(12,13)20-8-5(11)6(21-24(14,15)16)3(9)4(10)7(8)22-25(17,18)19/h3-11H,2H2,1H3,(H,12,13)(H2,14,15,16)(H2,17,18,19)/t3-,4+,5+,6-,7-,8-/m0/s1. The summed E-state index contributed by atoms with van der Waals surface area (Å²) in [5.74, 6) is 0. The van der Waals surface area contributed by atoms with Crippen molar-refractivity contribution in [3.8, 4) is 0 Å². The van der Waals surface area contributed by atoms with Crippen LogP contribution >= 0.6 is 23.2 Å². The molecule has 1 fully saturated rings. The monoisotopic (exact) mass is 432 g/mol. The fraction of sp³-hybridized carbons (Fsp3) is 1.00. The van der Waals surface area contributed by atoms with E-state index in [0.29, 0.717) is 0 Å². The number of aliphatic hydroxyl groups excluding tert-OH is 3. The summed E-state index contributed by atoms with van der Waals surface area (Å²) in [4.78, 5) is 44.8. The fourth-order valence-corrected chi connectivity index (χ4v) is 4.02. The Morgan fingerprint density at radius 1 is 0.680 bits per heavy atom. The summed E-state index contributed by atoms with van der Waals surface area (Å²) in [6.07, 6.45) is -14.0. The van der Waals surface area contributed by atoms with Crippen molar-refractivity contribution < 1.29 is 67.1 Å². The Morgan fingerprint density at radius 3 is 1.44 bits per heavy atom. The number of hydrogen-bond donors (Lipinski definition) is 8. The molecule has 1 rings (SSSR count). The first-order chi connectivity index (χ1) is 11.1. The molecular formula is C8H19O14P3. The van der Waals surface area contributed by atoms with E-state index in [-0.39, 0.29) is 0 Å². The molecule has 0 spiro atoms. The first-order valence-corrected chi connectivity index (χ1v) is 11.4. The largest absolute Gasteiger partial charge is 0.470 e. The van der Waals surface area contributed by atoms with Gasteiger partial charge in [-0.2, -0.15) is 0 Å². The van der Waals surface area contributed by atoms with Crippen LogP contribution in [0, 0.1) is 0 Å². The van der Waals surface area contributed by atoms with Gasteiger partial charge in [0.2, 0.25) is 0 Å². The second-order valence-electron chi connectivity index (χ2n) is 5.12. The van der Waals surface area contributed by atoms with Crippen molar-refractivity contribution in [3.63, 3.8) is 0 Å². The molecule has 1 unspecified atom stereocenters. The van der Waals surface area contributed by atoms with E-state index in [2.05, 4.69) is 13.6 Å². The van der Waals surface area contributed by atoms with Gasteiger partial charge in [0, 0.05) is 6.16 Å². The average Bonchev–Trinajstić information content (AvgIpc) is 2.43. The van der Waals surface area contributed by atoms with E-state index in [1.54, 1.807) is 0 Å². The SMILES string of the molecule is CCP(=O)(O)O[C@H]1[C@H](O)[C@@H](OP(=O)(O)O)[C@@H](O)[C@@H](O)[C@@H]1OP(=O)(O)O. The van der Waals surface area contributed by atoms with Crippen molar-refractivity contribution in [2.45, 2.75) is 43.5 Å². The molecule has 150 valence electrons. The Bertz CT molecular complexity index is 597. The molecule has 25 heavy (non-hydrogen) atoms. The van der Waals surface area contributed by atoms with Gasteiger partial charge in [0.25, 0.3) is 0 Å². The van der Waals surface area contributed by atoms with E-state index >= 15 is 0 Å². The van der Waals surface area contributed by atoms with Gasteiger partial charge < -0.3 is 39.8 Å². The van der Waals surface area contributed by atoms with E-state index in [9.17, 15) is 33.9 Å². The lowest BCUT2D eigenvalue weighted by molar-refractivity contribution is -0.210. The van der Waals surface area contributed by atoms with Gasteiger partial charge in [-0.15, -0.1) is 0 Å². The van der Waals surface area contributed by atoms with Crippen LogP contribution < -0.4 is 0 Å². The van der Waals surface area contributed by atoms with Crippen molar-refractivity contribution in [2.75, 3.05) is 6.16 Å². The van der Waals surface area contributed by atoms with Crippen molar-refractivity contribution >= 4 is 23.2 Å².